The highest BCUT2D eigenvalue weighted by atomic mass is 19.3. The third-order valence-electron chi connectivity index (χ3n) is 2.43. The van der Waals surface area contributed by atoms with Crippen molar-refractivity contribution in [3.8, 4) is 23.0 Å². The van der Waals surface area contributed by atoms with Crippen molar-refractivity contribution in [2.75, 3.05) is 0 Å². The second-order valence-corrected chi connectivity index (χ2v) is 4.04. The first-order valence-corrected chi connectivity index (χ1v) is 6.27. The molecule has 2 aromatic carbocycles. The zero-order valence-electron chi connectivity index (χ0n) is 11.5. The summed E-state index contributed by atoms with van der Waals surface area (Å²) in [5.41, 5.74) is 0. The van der Waals surface area contributed by atoms with Crippen LogP contribution in [0.4, 0.5) is 17.6 Å². The van der Waals surface area contributed by atoms with Crippen LogP contribution in [-0.2, 0) is 0 Å². The van der Waals surface area contributed by atoms with Gasteiger partial charge in [0.1, 0.15) is 23.0 Å². The fraction of sp³-hybridized carbons (Fsp3) is 0.143. The van der Waals surface area contributed by atoms with E-state index in [-0.39, 0.29) is 23.0 Å². The van der Waals surface area contributed by atoms with Crippen LogP contribution in [-0.4, -0.2) is 20.9 Å². The van der Waals surface area contributed by atoms with E-state index in [9.17, 15) is 17.6 Å². The predicted molar refractivity (Wildman–Crippen MR) is 73.2 cm³/mol. The zero-order valence-corrected chi connectivity index (χ0v) is 11.5. The van der Waals surface area contributed by atoms with Gasteiger partial charge < -0.3 is 18.8 Å². The lowest BCUT2D eigenvalue weighted by Gasteiger charge is -2.10. The van der Waals surface area contributed by atoms with Gasteiger partial charge in [0.25, 0.3) is 0 Å². The Morgan fingerprint density at radius 3 is 1.43 bits per heavy atom. The molecule has 0 aliphatic heterocycles. The number of ether oxygens (including phenoxy) is 2. The summed E-state index contributed by atoms with van der Waals surface area (Å²) in [7, 11) is 0.920. The Morgan fingerprint density at radius 2 is 1.04 bits per heavy atom. The number of rotatable bonds is 8. The fourth-order valence-corrected chi connectivity index (χ4v) is 1.58. The van der Waals surface area contributed by atoms with Gasteiger partial charge >= 0.3 is 20.9 Å². The van der Waals surface area contributed by atoms with Gasteiger partial charge in [0, 0.05) is 12.1 Å². The molecule has 0 aromatic heterocycles. The SMILES string of the molecule is FC(F)Oc1cccc(O[B]Oc2cccc(OC(F)F)c2)c1. The molecule has 0 aliphatic carbocycles. The molecule has 0 unspecified atom stereocenters. The Labute approximate surface area is 129 Å². The average Bonchev–Trinajstić information content (AvgIpc) is 2.46. The number of hydrogen-bond donors (Lipinski definition) is 0. The van der Waals surface area contributed by atoms with E-state index < -0.39 is 13.2 Å². The standard InChI is InChI=1S/C14H10BF4O4/c16-13(17)20-9-3-1-5-11(7-9)22-15-23-12-6-2-4-10(8-12)21-14(18)19/h1-8,13-14H. The van der Waals surface area contributed by atoms with Crippen molar-refractivity contribution in [2.24, 2.45) is 0 Å². The van der Waals surface area contributed by atoms with E-state index in [2.05, 4.69) is 9.47 Å². The van der Waals surface area contributed by atoms with E-state index in [0.717, 1.165) is 7.69 Å². The van der Waals surface area contributed by atoms with Crippen molar-refractivity contribution in [2.45, 2.75) is 13.2 Å². The van der Waals surface area contributed by atoms with Crippen molar-refractivity contribution in [3.05, 3.63) is 48.5 Å². The normalized spacial score (nSPS) is 10.5. The van der Waals surface area contributed by atoms with Crippen LogP contribution < -0.4 is 18.8 Å². The first kappa shape index (κ1) is 16.8. The Bertz CT molecular complexity index is 574. The van der Waals surface area contributed by atoms with E-state index in [0.29, 0.717) is 0 Å². The summed E-state index contributed by atoms with van der Waals surface area (Å²) in [5.74, 6) is 0.253. The van der Waals surface area contributed by atoms with Gasteiger partial charge in [-0.2, -0.15) is 17.6 Å². The molecule has 121 valence electrons. The lowest BCUT2D eigenvalue weighted by molar-refractivity contribution is -0.0505. The van der Waals surface area contributed by atoms with E-state index >= 15 is 0 Å². The molecule has 0 fully saturated rings. The smallest absolute Gasteiger partial charge is 0.526 e. The molecular weight excluding hydrogens is 319 g/mol. The van der Waals surface area contributed by atoms with Crippen LogP contribution in [0.1, 0.15) is 0 Å². The fourth-order valence-electron chi connectivity index (χ4n) is 1.58. The molecule has 0 saturated heterocycles. The zero-order chi connectivity index (χ0) is 16.7. The molecule has 9 heteroatoms. The van der Waals surface area contributed by atoms with Gasteiger partial charge in [0.2, 0.25) is 0 Å². The summed E-state index contributed by atoms with van der Waals surface area (Å²) in [4.78, 5) is 0. The van der Waals surface area contributed by atoms with Crippen LogP contribution in [0.2, 0.25) is 0 Å². The van der Waals surface area contributed by atoms with E-state index in [4.69, 9.17) is 9.31 Å². The summed E-state index contributed by atoms with van der Waals surface area (Å²) < 4.78 is 67.0. The highest BCUT2D eigenvalue weighted by Crippen LogP contribution is 2.22. The maximum atomic E-state index is 12.1. The third-order valence-corrected chi connectivity index (χ3v) is 2.43. The van der Waals surface area contributed by atoms with E-state index in [1.807, 2.05) is 0 Å². The Hall–Kier alpha value is -2.58. The molecule has 2 aromatic rings. The minimum atomic E-state index is -2.94. The summed E-state index contributed by atoms with van der Waals surface area (Å²) >= 11 is 0. The molecule has 2 rings (SSSR count). The van der Waals surface area contributed by atoms with Gasteiger partial charge in [0.15, 0.2) is 0 Å². The van der Waals surface area contributed by atoms with Crippen molar-refractivity contribution < 1.29 is 36.3 Å². The summed E-state index contributed by atoms with van der Waals surface area (Å²) in [6.45, 7) is -5.88. The lowest BCUT2D eigenvalue weighted by Crippen LogP contribution is -2.11. The topological polar surface area (TPSA) is 36.9 Å². The molecule has 4 nitrogen and oxygen atoms in total. The Balaban J connectivity index is 1.87. The van der Waals surface area contributed by atoms with Crippen LogP contribution >= 0.6 is 0 Å². The minimum Gasteiger partial charge on any atom is -0.526 e. The third kappa shape index (κ3) is 5.97. The van der Waals surface area contributed by atoms with Crippen LogP contribution in [0.3, 0.4) is 0 Å². The largest absolute Gasteiger partial charge is 0.658 e. The minimum absolute atomic E-state index is 0.0711. The summed E-state index contributed by atoms with van der Waals surface area (Å²) in [5, 5.41) is 0. The highest BCUT2D eigenvalue weighted by Gasteiger charge is 2.08. The highest BCUT2D eigenvalue weighted by molar-refractivity contribution is 6.20. The lowest BCUT2D eigenvalue weighted by atomic mass is 10.3. The second-order valence-electron chi connectivity index (χ2n) is 4.04. The van der Waals surface area contributed by atoms with Gasteiger partial charge in [-0.15, -0.1) is 0 Å². The quantitative estimate of drug-likeness (QED) is 0.544. The predicted octanol–water partition coefficient (Wildman–Crippen LogP) is 3.88. The van der Waals surface area contributed by atoms with E-state index in [1.54, 1.807) is 0 Å². The molecule has 0 amide bonds. The molecule has 0 atom stereocenters. The monoisotopic (exact) mass is 329 g/mol. The van der Waals surface area contributed by atoms with Crippen LogP contribution in [0.25, 0.3) is 0 Å². The molecular formula is C14H10BF4O4. The van der Waals surface area contributed by atoms with Crippen molar-refractivity contribution >= 4 is 7.69 Å². The first-order valence-electron chi connectivity index (χ1n) is 6.27. The van der Waals surface area contributed by atoms with Crippen LogP contribution in [0.15, 0.2) is 48.5 Å². The first-order chi connectivity index (χ1) is 11.0. The van der Waals surface area contributed by atoms with Crippen molar-refractivity contribution in [1.29, 1.82) is 0 Å². The Kier molecular flexibility index (Phi) is 5.96. The van der Waals surface area contributed by atoms with Gasteiger partial charge in [-0.25, -0.2) is 0 Å². The Morgan fingerprint density at radius 1 is 0.652 bits per heavy atom. The average molecular weight is 329 g/mol. The summed E-state index contributed by atoms with van der Waals surface area (Å²) in [6.07, 6.45) is 0. The number of halogens is 4. The molecule has 0 spiro atoms. The van der Waals surface area contributed by atoms with Gasteiger partial charge in [-0.05, 0) is 24.3 Å². The molecule has 1 radical (unpaired) electrons. The summed E-state index contributed by atoms with van der Waals surface area (Å²) in [6, 6.07) is 11.1. The van der Waals surface area contributed by atoms with Crippen molar-refractivity contribution in [3.63, 3.8) is 0 Å². The number of alkyl halides is 4. The van der Waals surface area contributed by atoms with Gasteiger partial charge in [0.05, 0.1) is 0 Å². The molecule has 0 N–H and O–H groups in total. The van der Waals surface area contributed by atoms with Gasteiger partial charge in [-0.1, -0.05) is 12.1 Å². The van der Waals surface area contributed by atoms with E-state index in [1.165, 1.54) is 48.5 Å². The molecule has 0 aliphatic rings. The second kappa shape index (κ2) is 8.16. The maximum Gasteiger partial charge on any atom is 0.658 e. The van der Waals surface area contributed by atoms with Gasteiger partial charge in [-0.3, -0.25) is 0 Å². The number of benzene rings is 2. The molecule has 23 heavy (non-hydrogen) atoms. The molecule has 0 heterocycles. The van der Waals surface area contributed by atoms with Crippen LogP contribution in [0, 0.1) is 0 Å². The molecule has 0 saturated carbocycles. The number of hydrogen-bond acceptors (Lipinski definition) is 4. The maximum absolute atomic E-state index is 12.1. The van der Waals surface area contributed by atoms with Crippen LogP contribution in [0.5, 0.6) is 23.0 Å². The van der Waals surface area contributed by atoms with Crippen molar-refractivity contribution in [1.82, 2.24) is 0 Å². The molecule has 0 bridgehead atoms.